The van der Waals surface area contributed by atoms with Crippen LogP contribution >= 0.6 is 0 Å². The first kappa shape index (κ1) is 15.0. The van der Waals surface area contributed by atoms with Crippen molar-refractivity contribution >= 4 is 15.5 Å². The summed E-state index contributed by atoms with van der Waals surface area (Å²) in [6.45, 7) is 4.05. The first-order chi connectivity index (χ1) is 8.32. The highest BCUT2D eigenvalue weighted by atomic mass is 32.2. The van der Waals surface area contributed by atoms with Crippen molar-refractivity contribution in [1.82, 2.24) is 0 Å². The second kappa shape index (κ2) is 5.71. The Balaban J connectivity index is 3.11. The van der Waals surface area contributed by atoms with Crippen LogP contribution in [0.5, 0.6) is 0 Å². The van der Waals surface area contributed by atoms with Crippen LogP contribution in [0.1, 0.15) is 26.7 Å². The molecule has 0 saturated heterocycles. The van der Waals surface area contributed by atoms with Crippen molar-refractivity contribution in [3.63, 3.8) is 0 Å². The van der Waals surface area contributed by atoms with Crippen molar-refractivity contribution in [2.24, 2.45) is 0 Å². The van der Waals surface area contributed by atoms with Crippen LogP contribution in [0.2, 0.25) is 0 Å². The lowest BCUT2D eigenvalue weighted by Gasteiger charge is -2.31. The minimum atomic E-state index is -3.25. The van der Waals surface area contributed by atoms with Crippen LogP contribution in [0.15, 0.2) is 29.2 Å². The quantitative estimate of drug-likeness (QED) is 0.831. The Morgan fingerprint density at radius 2 is 1.94 bits per heavy atom. The van der Waals surface area contributed by atoms with E-state index in [0.717, 1.165) is 6.42 Å². The van der Waals surface area contributed by atoms with Crippen LogP contribution in [0.3, 0.4) is 0 Å². The molecule has 102 valence electrons. The van der Waals surface area contributed by atoms with Crippen LogP contribution < -0.4 is 5.32 Å². The summed E-state index contributed by atoms with van der Waals surface area (Å²) >= 11 is 0. The molecular formula is C13H21NO3S. The van der Waals surface area contributed by atoms with E-state index in [1.165, 1.54) is 6.26 Å². The van der Waals surface area contributed by atoms with Gasteiger partial charge in [-0.05, 0) is 31.9 Å². The number of aliphatic hydroxyl groups excluding tert-OH is 1. The molecule has 0 bridgehead atoms. The number of nitrogens with one attached hydrogen (secondary N) is 1. The molecule has 0 amide bonds. The standard InChI is InChI=1S/C13H21NO3S/c1-4-13(2,9-10-15)14-11-7-5-6-8-12(11)18(3,16)17/h5-8,14-15H,4,9-10H2,1-3H3. The summed E-state index contributed by atoms with van der Waals surface area (Å²) in [5, 5.41) is 12.3. The van der Waals surface area contributed by atoms with Gasteiger partial charge in [-0.25, -0.2) is 8.42 Å². The summed E-state index contributed by atoms with van der Waals surface area (Å²) in [7, 11) is -3.25. The molecule has 0 radical (unpaired) electrons. The number of hydrogen-bond acceptors (Lipinski definition) is 4. The van der Waals surface area contributed by atoms with Gasteiger partial charge in [0.2, 0.25) is 0 Å². The summed E-state index contributed by atoms with van der Waals surface area (Å²) in [5.74, 6) is 0. The molecule has 1 aromatic carbocycles. The first-order valence-corrected chi connectivity index (χ1v) is 7.89. The first-order valence-electron chi connectivity index (χ1n) is 6.00. The monoisotopic (exact) mass is 271 g/mol. The fourth-order valence-electron chi connectivity index (χ4n) is 1.79. The Hall–Kier alpha value is -1.07. The second-order valence-electron chi connectivity index (χ2n) is 4.78. The van der Waals surface area contributed by atoms with Crippen molar-refractivity contribution in [3.8, 4) is 0 Å². The van der Waals surface area contributed by atoms with Crippen LogP contribution in [0.4, 0.5) is 5.69 Å². The zero-order valence-electron chi connectivity index (χ0n) is 11.1. The summed E-state index contributed by atoms with van der Waals surface area (Å²) in [6.07, 6.45) is 2.57. The van der Waals surface area contributed by atoms with Gasteiger partial charge in [0.05, 0.1) is 10.6 Å². The Kier molecular flexibility index (Phi) is 4.76. The maximum Gasteiger partial charge on any atom is 0.177 e. The van der Waals surface area contributed by atoms with Gasteiger partial charge in [0, 0.05) is 18.4 Å². The van der Waals surface area contributed by atoms with Gasteiger partial charge >= 0.3 is 0 Å². The number of benzene rings is 1. The van der Waals surface area contributed by atoms with Crippen LogP contribution in [0, 0.1) is 0 Å². The molecule has 0 saturated carbocycles. The molecule has 0 aliphatic heterocycles. The molecule has 0 spiro atoms. The van der Waals surface area contributed by atoms with Gasteiger partial charge in [0.1, 0.15) is 0 Å². The van der Waals surface area contributed by atoms with Crippen LogP contribution in [-0.4, -0.2) is 31.9 Å². The lowest BCUT2D eigenvalue weighted by Crippen LogP contribution is -2.35. The molecule has 1 atom stereocenters. The number of aliphatic hydroxyl groups is 1. The summed E-state index contributed by atoms with van der Waals surface area (Å²) < 4.78 is 23.4. The number of para-hydroxylation sites is 1. The molecule has 5 heteroatoms. The molecule has 0 aromatic heterocycles. The van der Waals surface area contributed by atoms with Crippen LogP contribution in [0.25, 0.3) is 0 Å². The normalized spacial score (nSPS) is 15.1. The zero-order valence-corrected chi connectivity index (χ0v) is 11.9. The molecular weight excluding hydrogens is 250 g/mol. The smallest absolute Gasteiger partial charge is 0.177 e. The van der Waals surface area contributed by atoms with E-state index in [1.807, 2.05) is 13.8 Å². The van der Waals surface area contributed by atoms with E-state index in [1.54, 1.807) is 24.3 Å². The zero-order chi connectivity index (χ0) is 13.8. The van der Waals surface area contributed by atoms with E-state index < -0.39 is 9.84 Å². The number of hydrogen-bond donors (Lipinski definition) is 2. The van der Waals surface area contributed by atoms with Gasteiger partial charge in [0.25, 0.3) is 0 Å². The molecule has 4 nitrogen and oxygen atoms in total. The Labute approximate surface area is 109 Å². The van der Waals surface area contributed by atoms with Crippen molar-refractivity contribution < 1.29 is 13.5 Å². The summed E-state index contributed by atoms with van der Waals surface area (Å²) in [5.41, 5.74) is 0.285. The highest BCUT2D eigenvalue weighted by Crippen LogP contribution is 2.27. The van der Waals surface area contributed by atoms with Crippen LogP contribution in [-0.2, 0) is 9.84 Å². The highest BCUT2D eigenvalue weighted by Gasteiger charge is 2.23. The summed E-state index contributed by atoms with van der Waals surface area (Å²) in [4.78, 5) is 0.294. The SMILES string of the molecule is CCC(C)(CCO)Nc1ccccc1S(C)(=O)=O. The molecule has 1 unspecified atom stereocenters. The van der Waals surface area contributed by atoms with Gasteiger partial charge in [-0.3, -0.25) is 0 Å². The van der Waals surface area contributed by atoms with E-state index in [4.69, 9.17) is 5.11 Å². The van der Waals surface area contributed by atoms with E-state index >= 15 is 0 Å². The fourth-order valence-corrected chi connectivity index (χ4v) is 2.64. The lowest BCUT2D eigenvalue weighted by atomic mass is 9.94. The maximum atomic E-state index is 11.7. The largest absolute Gasteiger partial charge is 0.396 e. The van der Waals surface area contributed by atoms with E-state index in [2.05, 4.69) is 5.32 Å². The molecule has 0 heterocycles. The topological polar surface area (TPSA) is 66.4 Å². The Morgan fingerprint density at radius 3 is 2.44 bits per heavy atom. The van der Waals surface area contributed by atoms with Gasteiger partial charge in [-0.15, -0.1) is 0 Å². The van der Waals surface area contributed by atoms with Crippen molar-refractivity contribution in [3.05, 3.63) is 24.3 Å². The molecule has 0 fully saturated rings. The van der Waals surface area contributed by atoms with Gasteiger partial charge in [0.15, 0.2) is 9.84 Å². The number of anilines is 1. The molecule has 18 heavy (non-hydrogen) atoms. The minimum Gasteiger partial charge on any atom is -0.396 e. The lowest BCUT2D eigenvalue weighted by molar-refractivity contribution is 0.252. The predicted octanol–water partition coefficient (Wildman–Crippen LogP) is 2.05. The van der Waals surface area contributed by atoms with E-state index in [-0.39, 0.29) is 12.1 Å². The number of rotatable bonds is 6. The van der Waals surface area contributed by atoms with E-state index in [9.17, 15) is 8.42 Å². The third kappa shape index (κ3) is 3.71. The number of sulfone groups is 1. The highest BCUT2D eigenvalue weighted by molar-refractivity contribution is 7.90. The van der Waals surface area contributed by atoms with Gasteiger partial charge in [-0.2, -0.15) is 0 Å². The molecule has 1 rings (SSSR count). The summed E-state index contributed by atoms with van der Waals surface area (Å²) in [6, 6.07) is 6.84. The van der Waals surface area contributed by atoms with Crippen molar-refractivity contribution in [2.75, 3.05) is 18.2 Å². The third-order valence-corrected chi connectivity index (χ3v) is 4.32. The molecule has 0 aliphatic carbocycles. The molecule has 2 N–H and O–H groups in total. The Bertz CT molecular complexity index is 499. The maximum absolute atomic E-state index is 11.7. The van der Waals surface area contributed by atoms with E-state index in [0.29, 0.717) is 17.0 Å². The minimum absolute atomic E-state index is 0.0678. The van der Waals surface area contributed by atoms with Crippen molar-refractivity contribution in [1.29, 1.82) is 0 Å². The fraction of sp³-hybridized carbons (Fsp3) is 0.538. The average Bonchev–Trinajstić information content (AvgIpc) is 2.28. The Morgan fingerprint density at radius 1 is 1.33 bits per heavy atom. The second-order valence-corrected chi connectivity index (χ2v) is 6.77. The van der Waals surface area contributed by atoms with Crippen molar-refractivity contribution in [2.45, 2.75) is 37.1 Å². The average molecular weight is 271 g/mol. The third-order valence-electron chi connectivity index (χ3n) is 3.17. The van der Waals surface area contributed by atoms with Gasteiger partial charge in [-0.1, -0.05) is 19.1 Å². The predicted molar refractivity (Wildman–Crippen MR) is 73.6 cm³/mol. The molecule has 0 aliphatic rings. The van der Waals surface area contributed by atoms with Gasteiger partial charge < -0.3 is 10.4 Å². The molecule has 1 aromatic rings.